The van der Waals surface area contributed by atoms with Crippen molar-refractivity contribution in [1.82, 2.24) is 0 Å². The van der Waals surface area contributed by atoms with Gasteiger partial charge in [-0.2, -0.15) is 0 Å². The van der Waals surface area contributed by atoms with Crippen LogP contribution in [0.5, 0.6) is 0 Å². The monoisotopic (exact) mass is 312 g/mol. The highest BCUT2D eigenvalue weighted by Crippen LogP contribution is 2.27. The van der Waals surface area contributed by atoms with Gasteiger partial charge in [0.2, 0.25) is 0 Å². The van der Waals surface area contributed by atoms with E-state index in [4.69, 9.17) is 0 Å². The summed E-state index contributed by atoms with van der Waals surface area (Å²) in [6.07, 6.45) is 6.35. The average molecular weight is 313 g/mol. The first-order chi connectivity index (χ1) is 11.2. The second-order valence-electron chi connectivity index (χ2n) is 7.52. The van der Waals surface area contributed by atoms with Crippen LogP contribution in [0.15, 0.2) is 54.1 Å². The Morgan fingerprint density at radius 2 is 1.70 bits per heavy atom. The van der Waals surface area contributed by atoms with Crippen LogP contribution in [0.2, 0.25) is 0 Å². The zero-order chi connectivity index (χ0) is 16.1. The van der Waals surface area contributed by atoms with E-state index in [0.29, 0.717) is 0 Å². The van der Waals surface area contributed by atoms with Gasteiger partial charge < -0.3 is 9.80 Å². The molecular formula is C21H32N2+2. The molecule has 0 spiro atoms. The molecule has 23 heavy (non-hydrogen) atoms. The SMILES string of the molecule is C=C(C)[C@H]1CC=C(C[NH+]2CC[NH+](Cc3ccccc3)CC2)CC1. The van der Waals surface area contributed by atoms with Crippen molar-refractivity contribution in [2.24, 2.45) is 5.92 Å². The molecule has 1 atom stereocenters. The van der Waals surface area contributed by atoms with Crippen molar-refractivity contribution in [2.45, 2.75) is 32.7 Å². The summed E-state index contributed by atoms with van der Waals surface area (Å²) < 4.78 is 0. The van der Waals surface area contributed by atoms with Gasteiger partial charge in [-0.3, -0.25) is 0 Å². The van der Waals surface area contributed by atoms with Gasteiger partial charge in [-0.1, -0.05) is 48.6 Å². The Bertz CT molecular complexity index is 538. The topological polar surface area (TPSA) is 8.88 Å². The summed E-state index contributed by atoms with van der Waals surface area (Å²) in [6, 6.07) is 10.9. The van der Waals surface area contributed by atoms with Gasteiger partial charge in [0, 0.05) is 5.56 Å². The number of benzene rings is 1. The van der Waals surface area contributed by atoms with Crippen LogP contribution in [-0.4, -0.2) is 32.7 Å². The molecule has 2 heteroatoms. The molecule has 0 aromatic heterocycles. The van der Waals surface area contributed by atoms with E-state index in [1.807, 2.05) is 0 Å². The molecule has 3 rings (SSSR count). The third-order valence-electron chi connectivity index (χ3n) is 5.64. The van der Waals surface area contributed by atoms with Gasteiger partial charge in [0.15, 0.2) is 0 Å². The smallest absolute Gasteiger partial charge is 0.127 e. The number of piperazine rings is 1. The molecule has 1 aliphatic heterocycles. The molecule has 1 saturated heterocycles. The van der Waals surface area contributed by atoms with Gasteiger partial charge >= 0.3 is 0 Å². The summed E-state index contributed by atoms with van der Waals surface area (Å²) in [6.45, 7) is 14.0. The van der Waals surface area contributed by atoms with Gasteiger partial charge in [0.25, 0.3) is 0 Å². The fourth-order valence-electron chi connectivity index (χ4n) is 4.01. The lowest BCUT2D eigenvalue weighted by Crippen LogP contribution is -3.27. The number of hydrogen-bond acceptors (Lipinski definition) is 0. The Labute approximate surface area is 141 Å². The average Bonchev–Trinajstić information content (AvgIpc) is 2.58. The largest absolute Gasteiger partial charge is 0.322 e. The summed E-state index contributed by atoms with van der Waals surface area (Å²) in [5.74, 6) is 0.737. The van der Waals surface area contributed by atoms with Crippen molar-refractivity contribution < 1.29 is 9.80 Å². The molecule has 1 aromatic carbocycles. The second-order valence-corrected chi connectivity index (χ2v) is 7.52. The van der Waals surface area contributed by atoms with Crippen molar-refractivity contribution in [2.75, 3.05) is 32.7 Å². The minimum absolute atomic E-state index is 0.737. The summed E-state index contributed by atoms with van der Waals surface area (Å²) >= 11 is 0. The molecule has 1 fully saturated rings. The molecule has 0 bridgehead atoms. The molecule has 1 heterocycles. The maximum Gasteiger partial charge on any atom is 0.127 e. The van der Waals surface area contributed by atoms with E-state index in [1.54, 1.807) is 15.4 Å². The number of allylic oxidation sites excluding steroid dienone is 2. The second kappa shape index (κ2) is 7.94. The molecule has 0 unspecified atom stereocenters. The highest BCUT2D eigenvalue weighted by Gasteiger charge is 2.25. The lowest BCUT2D eigenvalue weighted by atomic mass is 9.85. The molecule has 0 radical (unpaired) electrons. The number of rotatable bonds is 5. The Morgan fingerprint density at radius 3 is 2.26 bits per heavy atom. The molecule has 1 aliphatic carbocycles. The van der Waals surface area contributed by atoms with Crippen molar-refractivity contribution in [3.63, 3.8) is 0 Å². The first kappa shape index (κ1) is 16.5. The van der Waals surface area contributed by atoms with E-state index in [9.17, 15) is 0 Å². The van der Waals surface area contributed by atoms with Gasteiger partial charge in [0.05, 0.1) is 6.54 Å². The molecule has 1 aromatic rings. The highest BCUT2D eigenvalue weighted by atomic mass is 15.3. The summed E-state index contributed by atoms with van der Waals surface area (Å²) in [5, 5.41) is 0. The van der Waals surface area contributed by atoms with Crippen molar-refractivity contribution in [3.8, 4) is 0 Å². The van der Waals surface area contributed by atoms with E-state index in [-0.39, 0.29) is 0 Å². The Hall–Kier alpha value is -1.38. The molecule has 124 valence electrons. The van der Waals surface area contributed by atoms with Crippen molar-refractivity contribution in [3.05, 3.63) is 59.7 Å². The Balaban J connectivity index is 1.42. The number of hydrogen-bond donors (Lipinski definition) is 2. The van der Waals surface area contributed by atoms with E-state index >= 15 is 0 Å². The predicted octanol–water partition coefficient (Wildman–Crippen LogP) is 1.27. The van der Waals surface area contributed by atoms with Crippen LogP contribution in [0.25, 0.3) is 0 Å². The molecule has 2 N–H and O–H groups in total. The number of quaternary nitrogens is 2. The lowest BCUT2D eigenvalue weighted by molar-refractivity contribution is -1.02. The van der Waals surface area contributed by atoms with E-state index in [0.717, 1.165) is 5.92 Å². The van der Waals surface area contributed by atoms with Gasteiger partial charge in [-0.25, -0.2) is 0 Å². The molecular weight excluding hydrogens is 280 g/mol. The zero-order valence-corrected chi connectivity index (χ0v) is 14.6. The van der Waals surface area contributed by atoms with Crippen molar-refractivity contribution >= 4 is 0 Å². The van der Waals surface area contributed by atoms with Crippen LogP contribution in [0.3, 0.4) is 0 Å². The van der Waals surface area contributed by atoms with Gasteiger partial charge in [-0.05, 0) is 37.7 Å². The van der Waals surface area contributed by atoms with Crippen LogP contribution in [0.4, 0.5) is 0 Å². The quantitative estimate of drug-likeness (QED) is 0.758. The lowest BCUT2D eigenvalue weighted by Gasteiger charge is -2.31. The highest BCUT2D eigenvalue weighted by molar-refractivity contribution is 5.13. The predicted molar refractivity (Wildman–Crippen MR) is 96.6 cm³/mol. The van der Waals surface area contributed by atoms with Gasteiger partial charge in [-0.15, -0.1) is 0 Å². The molecule has 0 amide bonds. The van der Waals surface area contributed by atoms with Gasteiger partial charge in [0.1, 0.15) is 32.7 Å². The molecule has 0 saturated carbocycles. The summed E-state index contributed by atoms with van der Waals surface area (Å²) in [5.41, 5.74) is 4.54. The molecule has 2 nitrogen and oxygen atoms in total. The maximum atomic E-state index is 4.12. The number of nitrogens with one attached hydrogen (secondary N) is 2. The Morgan fingerprint density at radius 1 is 1.04 bits per heavy atom. The third-order valence-corrected chi connectivity index (χ3v) is 5.64. The minimum atomic E-state index is 0.737. The van der Waals surface area contributed by atoms with E-state index < -0.39 is 0 Å². The Kier molecular flexibility index (Phi) is 5.69. The third kappa shape index (κ3) is 4.79. The van der Waals surface area contributed by atoms with Crippen LogP contribution in [0.1, 0.15) is 31.7 Å². The fourth-order valence-corrected chi connectivity index (χ4v) is 4.01. The first-order valence-corrected chi connectivity index (χ1v) is 9.25. The first-order valence-electron chi connectivity index (χ1n) is 9.25. The van der Waals surface area contributed by atoms with E-state index in [1.165, 1.54) is 69.7 Å². The van der Waals surface area contributed by atoms with E-state index in [2.05, 4.69) is 49.9 Å². The van der Waals surface area contributed by atoms with Crippen molar-refractivity contribution in [1.29, 1.82) is 0 Å². The van der Waals surface area contributed by atoms with Crippen LogP contribution >= 0.6 is 0 Å². The minimum Gasteiger partial charge on any atom is -0.322 e. The summed E-state index contributed by atoms with van der Waals surface area (Å²) in [4.78, 5) is 3.54. The fraction of sp³-hybridized carbons (Fsp3) is 0.524. The zero-order valence-electron chi connectivity index (χ0n) is 14.6. The maximum absolute atomic E-state index is 4.12. The van der Waals surface area contributed by atoms with Crippen LogP contribution < -0.4 is 9.80 Å². The summed E-state index contributed by atoms with van der Waals surface area (Å²) in [7, 11) is 0. The molecule has 2 aliphatic rings. The van der Waals surface area contributed by atoms with Crippen LogP contribution in [0, 0.1) is 5.92 Å². The normalized spacial score (nSPS) is 28.2. The van der Waals surface area contributed by atoms with Crippen LogP contribution in [-0.2, 0) is 6.54 Å². The standard InChI is InChI=1S/C21H30N2/c1-18(2)21-10-8-20(9-11-21)17-23-14-12-22(13-15-23)16-19-6-4-3-5-7-19/h3-8,21H,1,9-17H2,2H3/p+2/t21-/m0/s1.